The van der Waals surface area contributed by atoms with Gasteiger partial charge in [-0.2, -0.15) is 0 Å². The van der Waals surface area contributed by atoms with Crippen LogP contribution in [0, 0.1) is 0 Å². The summed E-state index contributed by atoms with van der Waals surface area (Å²) in [5.74, 6) is 0. The molecule has 3 aromatic heterocycles. The number of hydrogen-bond acceptors (Lipinski definition) is 7. The molecule has 3 heterocycles. The Hall–Kier alpha value is -4.57. The van der Waals surface area contributed by atoms with E-state index >= 15 is 0 Å². The minimum absolute atomic E-state index is 0.131. The van der Waals surface area contributed by atoms with Crippen LogP contribution in [0.2, 0.25) is 0 Å². The SMILES string of the molecule is O=C(O)N(CCCN(Cc1cnc2ccccc2c1)C(=O)OCc1cncs1)Cc1cnc2ccccc2c1. The quantitative estimate of drug-likeness (QED) is 0.233. The minimum atomic E-state index is -1.03. The summed E-state index contributed by atoms with van der Waals surface area (Å²) in [5.41, 5.74) is 5.09. The summed E-state index contributed by atoms with van der Waals surface area (Å²) in [6, 6.07) is 19.5. The molecule has 0 aliphatic rings. The van der Waals surface area contributed by atoms with Gasteiger partial charge in [0.05, 0.1) is 34.5 Å². The van der Waals surface area contributed by atoms with Crippen LogP contribution < -0.4 is 0 Å². The average Bonchev–Trinajstić information content (AvgIpc) is 3.48. The summed E-state index contributed by atoms with van der Waals surface area (Å²) in [7, 11) is 0. The van der Waals surface area contributed by atoms with Gasteiger partial charge in [-0.15, -0.1) is 11.3 Å². The highest BCUT2D eigenvalue weighted by atomic mass is 32.1. The molecule has 0 unspecified atom stereocenters. The molecule has 10 heteroatoms. The van der Waals surface area contributed by atoms with Crippen LogP contribution in [0.25, 0.3) is 21.8 Å². The van der Waals surface area contributed by atoms with Crippen molar-refractivity contribution in [3.8, 4) is 0 Å². The van der Waals surface area contributed by atoms with E-state index in [1.54, 1.807) is 29.0 Å². The van der Waals surface area contributed by atoms with Crippen molar-refractivity contribution in [1.29, 1.82) is 0 Å². The summed E-state index contributed by atoms with van der Waals surface area (Å²) >= 11 is 1.41. The zero-order chi connectivity index (χ0) is 27.0. The fraction of sp³-hybridized carbons (Fsp3) is 0.207. The van der Waals surface area contributed by atoms with Crippen LogP contribution in [-0.4, -0.2) is 55.1 Å². The van der Waals surface area contributed by atoms with Gasteiger partial charge in [0.1, 0.15) is 6.61 Å². The highest BCUT2D eigenvalue weighted by molar-refractivity contribution is 7.09. The lowest BCUT2D eigenvalue weighted by Gasteiger charge is -2.24. The van der Waals surface area contributed by atoms with Gasteiger partial charge in [0.2, 0.25) is 0 Å². The summed E-state index contributed by atoms with van der Waals surface area (Å²) < 4.78 is 5.55. The van der Waals surface area contributed by atoms with Crippen LogP contribution in [0.4, 0.5) is 9.59 Å². The summed E-state index contributed by atoms with van der Waals surface area (Å²) in [6.07, 6.45) is 4.06. The Kier molecular flexibility index (Phi) is 8.23. The fourth-order valence-electron chi connectivity index (χ4n) is 4.31. The van der Waals surface area contributed by atoms with Gasteiger partial charge >= 0.3 is 12.2 Å². The monoisotopic (exact) mass is 541 g/mol. The molecule has 0 radical (unpaired) electrons. The van der Waals surface area contributed by atoms with E-state index in [9.17, 15) is 14.7 Å². The molecule has 5 aromatic rings. The number of carbonyl (C=O) groups excluding carboxylic acids is 1. The van der Waals surface area contributed by atoms with Crippen molar-refractivity contribution in [2.75, 3.05) is 13.1 Å². The number of pyridine rings is 2. The predicted octanol–water partition coefficient (Wildman–Crippen LogP) is 5.95. The molecule has 5 rings (SSSR count). The molecule has 0 spiro atoms. The van der Waals surface area contributed by atoms with Gasteiger partial charge in [-0.05, 0) is 41.8 Å². The van der Waals surface area contributed by atoms with Crippen molar-refractivity contribution in [1.82, 2.24) is 24.8 Å². The maximum atomic E-state index is 13.1. The lowest BCUT2D eigenvalue weighted by Crippen LogP contribution is -2.36. The van der Waals surface area contributed by atoms with Crippen molar-refractivity contribution in [3.63, 3.8) is 0 Å². The molecule has 9 nitrogen and oxygen atoms in total. The lowest BCUT2D eigenvalue weighted by molar-refractivity contribution is 0.0919. The second-order valence-electron chi connectivity index (χ2n) is 9.07. The Morgan fingerprint density at radius 1 is 0.821 bits per heavy atom. The normalized spacial score (nSPS) is 11.0. The number of thiazole rings is 1. The third kappa shape index (κ3) is 6.85. The van der Waals surface area contributed by atoms with Crippen molar-refractivity contribution >= 4 is 45.3 Å². The molecule has 0 atom stereocenters. The van der Waals surface area contributed by atoms with Crippen LogP contribution in [0.1, 0.15) is 22.4 Å². The van der Waals surface area contributed by atoms with Crippen LogP contribution in [0.3, 0.4) is 0 Å². The number of carbonyl (C=O) groups is 2. The van der Waals surface area contributed by atoms with Crippen molar-refractivity contribution in [3.05, 3.63) is 101 Å². The van der Waals surface area contributed by atoms with Crippen LogP contribution in [0.15, 0.2) is 84.8 Å². The minimum Gasteiger partial charge on any atom is -0.465 e. The van der Waals surface area contributed by atoms with Crippen LogP contribution >= 0.6 is 11.3 Å². The Balaban J connectivity index is 1.25. The van der Waals surface area contributed by atoms with E-state index in [0.29, 0.717) is 19.5 Å². The summed E-state index contributed by atoms with van der Waals surface area (Å²) in [4.78, 5) is 41.8. The average molecular weight is 542 g/mol. The number of aromatic nitrogens is 3. The van der Waals surface area contributed by atoms with E-state index in [1.165, 1.54) is 16.2 Å². The number of amides is 2. The number of fused-ring (bicyclic) bond motifs is 2. The van der Waals surface area contributed by atoms with Gasteiger partial charge in [0.25, 0.3) is 0 Å². The van der Waals surface area contributed by atoms with Gasteiger partial charge in [-0.1, -0.05) is 36.4 Å². The summed E-state index contributed by atoms with van der Waals surface area (Å²) in [6.45, 7) is 1.19. The number of hydrogen-bond donors (Lipinski definition) is 1. The van der Waals surface area contributed by atoms with E-state index in [-0.39, 0.29) is 19.7 Å². The van der Waals surface area contributed by atoms with E-state index in [1.807, 2.05) is 60.7 Å². The molecule has 1 N–H and O–H groups in total. The smallest absolute Gasteiger partial charge is 0.410 e. The molecule has 0 aliphatic carbocycles. The van der Waals surface area contributed by atoms with E-state index in [4.69, 9.17) is 4.74 Å². The third-order valence-electron chi connectivity index (χ3n) is 6.25. The first kappa shape index (κ1) is 26.1. The third-order valence-corrected chi connectivity index (χ3v) is 7.00. The van der Waals surface area contributed by atoms with Crippen LogP contribution in [-0.2, 0) is 24.4 Å². The first-order chi connectivity index (χ1) is 19.0. The maximum absolute atomic E-state index is 13.1. The Labute approximate surface area is 229 Å². The topological polar surface area (TPSA) is 109 Å². The van der Waals surface area contributed by atoms with Gasteiger partial charge in [-0.25, -0.2) is 9.59 Å². The van der Waals surface area contributed by atoms with Crippen LogP contribution in [0.5, 0.6) is 0 Å². The number of ether oxygens (including phenoxy) is 1. The highest BCUT2D eigenvalue weighted by Gasteiger charge is 2.19. The largest absolute Gasteiger partial charge is 0.465 e. The predicted molar refractivity (Wildman–Crippen MR) is 149 cm³/mol. The highest BCUT2D eigenvalue weighted by Crippen LogP contribution is 2.17. The Morgan fingerprint density at radius 2 is 1.41 bits per heavy atom. The standard InChI is InChI=1S/C29H27N5O4S/c35-28(36)33(17-21-12-23-6-1-3-8-26(23)31-14-21)10-5-11-34(29(37)38-19-25-16-30-20-39-25)18-22-13-24-7-2-4-9-27(24)32-15-22/h1-4,6-9,12-16,20H,5,10-11,17-19H2,(H,35,36). The van der Waals surface area contributed by atoms with Crippen molar-refractivity contribution in [2.24, 2.45) is 0 Å². The zero-order valence-electron chi connectivity index (χ0n) is 21.1. The van der Waals surface area contributed by atoms with E-state index < -0.39 is 12.2 Å². The van der Waals surface area contributed by atoms with Crippen molar-refractivity contribution in [2.45, 2.75) is 26.1 Å². The van der Waals surface area contributed by atoms with Gasteiger partial charge in [-0.3, -0.25) is 15.0 Å². The molecular formula is C29H27N5O4S. The number of carboxylic acid groups (broad SMARTS) is 1. The zero-order valence-corrected chi connectivity index (χ0v) is 22.0. The number of nitrogens with zero attached hydrogens (tertiary/aromatic N) is 5. The second-order valence-corrected chi connectivity index (χ2v) is 10.0. The van der Waals surface area contributed by atoms with Gasteiger partial charge in [0, 0.05) is 42.5 Å². The van der Waals surface area contributed by atoms with Gasteiger partial charge in [0.15, 0.2) is 0 Å². The fourth-order valence-corrected chi connectivity index (χ4v) is 4.82. The maximum Gasteiger partial charge on any atom is 0.410 e. The summed E-state index contributed by atoms with van der Waals surface area (Å²) in [5, 5.41) is 11.8. The Bertz CT molecular complexity index is 1580. The number of benzene rings is 2. The molecule has 2 amide bonds. The molecule has 2 aromatic carbocycles. The first-order valence-corrected chi connectivity index (χ1v) is 13.4. The molecule has 0 saturated heterocycles. The molecule has 0 saturated carbocycles. The first-order valence-electron chi connectivity index (χ1n) is 12.5. The lowest BCUT2D eigenvalue weighted by atomic mass is 10.1. The number of rotatable bonds is 10. The molecule has 0 fully saturated rings. The molecular weight excluding hydrogens is 514 g/mol. The molecule has 39 heavy (non-hydrogen) atoms. The number of para-hydroxylation sites is 2. The Morgan fingerprint density at radius 3 is 2.00 bits per heavy atom. The molecule has 0 bridgehead atoms. The second kappa shape index (κ2) is 12.3. The van der Waals surface area contributed by atoms with E-state index in [0.717, 1.165) is 37.8 Å². The van der Waals surface area contributed by atoms with Crippen molar-refractivity contribution < 1.29 is 19.4 Å². The molecule has 198 valence electrons. The van der Waals surface area contributed by atoms with E-state index in [2.05, 4.69) is 15.0 Å². The molecule has 0 aliphatic heterocycles. The van der Waals surface area contributed by atoms with Gasteiger partial charge < -0.3 is 19.6 Å².